The Kier molecular flexibility index (Phi) is 5.76. The van der Waals surface area contributed by atoms with Gasteiger partial charge in [-0.25, -0.2) is 0 Å². The Morgan fingerprint density at radius 3 is 2.89 bits per heavy atom. The van der Waals surface area contributed by atoms with Gasteiger partial charge in [-0.1, -0.05) is 6.92 Å². The molecule has 2 rings (SSSR count). The van der Waals surface area contributed by atoms with Crippen LogP contribution in [0.25, 0.3) is 0 Å². The van der Waals surface area contributed by atoms with E-state index in [9.17, 15) is 0 Å². The van der Waals surface area contributed by atoms with Gasteiger partial charge in [0.15, 0.2) is 0 Å². The number of nitrogens with one attached hydrogen (secondary N) is 1. The second-order valence-corrected chi connectivity index (χ2v) is 5.41. The molecule has 1 saturated heterocycles. The van der Waals surface area contributed by atoms with Gasteiger partial charge in [0.05, 0.1) is 13.2 Å². The molecule has 0 bridgehead atoms. The summed E-state index contributed by atoms with van der Waals surface area (Å²) in [7, 11) is 2.18. The molecule has 4 nitrogen and oxygen atoms in total. The lowest BCUT2D eigenvalue weighted by Crippen LogP contribution is -2.40. The maximum Gasteiger partial charge on any atom is 0.0623 e. The maximum atomic E-state index is 5.62. The molecule has 4 heteroatoms. The van der Waals surface area contributed by atoms with E-state index in [2.05, 4.69) is 41.3 Å². The minimum Gasteiger partial charge on any atom is -0.379 e. The first kappa shape index (κ1) is 14.4. The standard InChI is InChI=1S/C15H25N3O/c1-3-6-17-15-12-19-11-14(15)10-18(2)9-13-4-7-16-8-5-13/h4-5,7-8,14-15,17H,3,6,9-12H2,1-2H3. The second kappa shape index (κ2) is 7.58. The molecule has 1 aliphatic rings. The predicted octanol–water partition coefficient (Wildman–Crippen LogP) is 1.53. The third-order valence-corrected chi connectivity index (χ3v) is 3.60. The zero-order valence-electron chi connectivity index (χ0n) is 12.0. The summed E-state index contributed by atoms with van der Waals surface area (Å²) in [5.74, 6) is 0.596. The summed E-state index contributed by atoms with van der Waals surface area (Å²) in [6, 6.07) is 4.67. The van der Waals surface area contributed by atoms with Gasteiger partial charge in [0.25, 0.3) is 0 Å². The molecule has 2 atom stereocenters. The van der Waals surface area contributed by atoms with Gasteiger partial charge in [0.2, 0.25) is 0 Å². The van der Waals surface area contributed by atoms with Crippen molar-refractivity contribution in [3.63, 3.8) is 0 Å². The molecule has 0 amide bonds. The SMILES string of the molecule is CCCNC1COCC1CN(C)Cc1ccncc1. The van der Waals surface area contributed by atoms with Gasteiger partial charge < -0.3 is 15.0 Å². The lowest BCUT2D eigenvalue weighted by atomic mass is 10.0. The number of aromatic nitrogens is 1. The first-order valence-electron chi connectivity index (χ1n) is 7.18. The Bertz CT molecular complexity index is 358. The Hall–Kier alpha value is -0.970. The van der Waals surface area contributed by atoms with Crippen LogP contribution in [0.5, 0.6) is 0 Å². The molecule has 106 valence electrons. The van der Waals surface area contributed by atoms with Crippen LogP contribution in [0, 0.1) is 5.92 Å². The molecule has 0 spiro atoms. The van der Waals surface area contributed by atoms with Crippen LogP contribution in [-0.2, 0) is 11.3 Å². The van der Waals surface area contributed by atoms with Crippen LogP contribution < -0.4 is 5.32 Å². The van der Waals surface area contributed by atoms with E-state index < -0.39 is 0 Å². The van der Waals surface area contributed by atoms with Gasteiger partial charge in [0, 0.05) is 37.4 Å². The summed E-state index contributed by atoms with van der Waals surface area (Å²) in [4.78, 5) is 6.42. The first-order valence-corrected chi connectivity index (χ1v) is 7.18. The largest absolute Gasteiger partial charge is 0.379 e. The maximum absolute atomic E-state index is 5.62. The van der Waals surface area contributed by atoms with Crippen LogP contribution >= 0.6 is 0 Å². The number of hydrogen-bond acceptors (Lipinski definition) is 4. The van der Waals surface area contributed by atoms with E-state index in [1.165, 1.54) is 12.0 Å². The molecule has 1 aliphatic heterocycles. The van der Waals surface area contributed by atoms with Crippen molar-refractivity contribution in [3.8, 4) is 0 Å². The van der Waals surface area contributed by atoms with Crippen molar-refractivity contribution in [2.75, 3.05) is 33.4 Å². The van der Waals surface area contributed by atoms with E-state index in [1.807, 2.05) is 12.4 Å². The summed E-state index contributed by atoms with van der Waals surface area (Å²) < 4.78 is 5.62. The highest BCUT2D eigenvalue weighted by molar-refractivity contribution is 5.09. The molecule has 1 fully saturated rings. The van der Waals surface area contributed by atoms with Crippen molar-refractivity contribution in [2.45, 2.75) is 25.9 Å². The molecular weight excluding hydrogens is 238 g/mol. The number of nitrogens with zero attached hydrogens (tertiary/aromatic N) is 2. The van der Waals surface area contributed by atoms with Crippen molar-refractivity contribution in [1.82, 2.24) is 15.2 Å². The van der Waals surface area contributed by atoms with Crippen LogP contribution in [0.4, 0.5) is 0 Å². The highest BCUT2D eigenvalue weighted by atomic mass is 16.5. The van der Waals surface area contributed by atoms with Gasteiger partial charge in [-0.2, -0.15) is 0 Å². The quantitative estimate of drug-likeness (QED) is 0.809. The van der Waals surface area contributed by atoms with Crippen LogP contribution in [0.2, 0.25) is 0 Å². The highest BCUT2D eigenvalue weighted by Gasteiger charge is 2.28. The lowest BCUT2D eigenvalue weighted by molar-refractivity contribution is 0.172. The molecule has 19 heavy (non-hydrogen) atoms. The van der Waals surface area contributed by atoms with Gasteiger partial charge in [-0.15, -0.1) is 0 Å². The molecule has 2 unspecified atom stereocenters. The number of ether oxygens (including phenoxy) is 1. The van der Waals surface area contributed by atoms with Crippen molar-refractivity contribution in [2.24, 2.45) is 5.92 Å². The third-order valence-electron chi connectivity index (χ3n) is 3.60. The van der Waals surface area contributed by atoms with Gasteiger partial charge in [0.1, 0.15) is 0 Å². The Balaban J connectivity index is 1.79. The molecule has 1 N–H and O–H groups in total. The monoisotopic (exact) mass is 263 g/mol. The van der Waals surface area contributed by atoms with Crippen molar-refractivity contribution in [3.05, 3.63) is 30.1 Å². The second-order valence-electron chi connectivity index (χ2n) is 5.41. The average Bonchev–Trinajstić information content (AvgIpc) is 2.84. The van der Waals surface area contributed by atoms with Crippen LogP contribution in [0.1, 0.15) is 18.9 Å². The lowest BCUT2D eigenvalue weighted by Gasteiger charge is -2.24. The van der Waals surface area contributed by atoms with E-state index >= 15 is 0 Å². The Morgan fingerprint density at radius 1 is 1.37 bits per heavy atom. The van der Waals surface area contributed by atoms with Crippen LogP contribution in [0.15, 0.2) is 24.5 Å². The van der Waals surface area contributed by atoms with Gasteiger partial charge in [-0.3, -0.25) is 4.98 Å². The average molecular weight is 263 g/mol. The van der Waals surface area contributed by atoms with Crippen molar-refractivity contribution >= 4 is 0 Å². The molecule has 0 aliphatic carbocycles. The summed E-state index contributed by atoms with van der Waals surface area (Å²) in [5.41, 5.74) is 1.31. The summed E-state index contributed by atoms with van der Waals surface area (Å²) in [5, 5.41) is 3.59. The molecule has 0 radical (unpaired) electrons. The highest BCUT2D eigenvalue weighted by Crippen LogP contribution is 2.16. The van der Waals surface area contributed by atoms with Gasteiger partial charge >= 0.3 is 0 Å². The van der Waals surface area contributed by atoms with Gasteiger partial charge in [-0.05, 0) is 37.7 Å². The topological polar surface area (TPSA) is 37.4 Å². The third kappa shape index (κ3) is 4.56. The number of hydrogen-bond donors (Lipinski definition) is 1. The minimum atomic E-state index is 0.514. The van der Waals surface area contributed by atoms with E-state index in [-0.39, 0.29) is 0 Å². The fraction of sp³-hybridized carbons (Fsp3) is 0.667. The number of pyridine rings is 1. The van der Waals surface area contributed by atoms with Crippen LogP contribution in [0.3, 0.4) is 0 Å². The summed E-state index contributed by atoms with van der Waals surface area (Å²) in [6.07, 6.45) is 4.89. The van der Waals surface area contributed by atoms with E-state index in [0.29, 0.717) is 12.0 Å². The Morgan fingerprint density at radius 2 is 2.16 bits per heavy atom. The molecular formula is C15H25N3O. The van der Waals surface area contributed by atoms with Crippen LogP contribution in [-0.4, -0.2) is 49.3 Å². The fourth-order valence-corrected chi connectivity index (χ4v) is 2.60. The zero-order chi connectivity index (χ0) is 13.5. The molecule has 2 heterocycles. The van der Waals surface area contributed by atoms with E-state index in [0.717, 1.165) is 32.8 Å². The summed E-state index contributed by atoms with van der Waals surface area (Å²) in [6.45, 7) is 7.06. The van der Waals surface area contributed by atoms with Crippen molar-refractivity contribution < 1.29 is 4.74 Å². The smallest absolute Gasteiger partial charge is 0.0623 e. The van der Waals surface area contributed by atoms with E-state index in [1.54, 1.807) is 0 Å². The minimum absolute atomic E-state index is 0.514. The number of rotatable bonds is 7. The van der Waals surface area contributed by atoms with Crippen molar-refractivity contribution in [1.29, 1.82) is 0 Å². The van der Waals surface area contributed by atoms with E-state index in [4.69, 9.17) is 4.74 Å². The molecule has 1 aromatic heterocycles. The zero-order valence-corrected chi connectivity index (χ0v) is 12.0. The summed E-state index contributed by atoms with van der Waals surface area (Å²) >= 11 is 0. The fourth-order valence-electron chi connectivity index (χ4n) is 2.60. The predicted molar refractivity (Wildman–Crippen MR) is 77.0 cm³/mol. The molecule has 0 saturated carbocycles. The molecule has 0 aromatic carbocycles. The molecule has 1 aromatic rings. The Labute approximate surface area is 116 Å². The normalized spacial score (nSPS) is 23.1. The first-order chi connectivity index (χ1) is 9.29.